The first kappa shape index (κ1) is 11.7. The summed E-state index contributed by atoms with van der Waals surface area (Å²) in [5, 5.41) is 11.3. The van der Waals surface area contributed by atoms with E-state index in [-0.39, 0.29) is 24.2 Å². The number of nitrogens with zero attached hydrogens (tertiary/aromatic N) is 1. The number of ketones is 1. The fraction of sp³-hybridized carbons (Fsp3) is 0.417. The van der Waals surface area contributed by atoms with Gasteiger partial charge in [0.05, 0.1) is 0 Å². The molecule has 1 aromatic carbocycles. The maximum Gasteiger partial charge on any atom is 0.304 e. The third-order valence-electron chi connectivity index (χ3n) is 3.29. The van der Waals surface area contributed by atoms with Crippen LogP contribution < -0.4 is 0 Å². The molecule has 0 bridgehead atoms. The van der Waals surface area contributed by atoms with Gasteiger partial charge in [0, 0.05) is 23.3 Å². The average molecular weight is 237 g/mol. The van der Waals surface area contributed by atoms with E-state index < -0.39 is 16.3 Å². The van der Waals surface area contributed by atoms with Crippen LogP contribution in [0.4, 0.5) is 4.39 Å². The number of hydrogen-bond donors (Lipinski definition) is 0. The fourth-order valence-corrected chi connectivity index (χ4v) is 2.34. The first-order valence-corrected chi connectivity index (χ1v) is 5.51. The van der Waals surface area contributed by atoms with E-state index in [4.69, 9.17) is 0 Å². The van der Waals surface area contributed by atoms with Crippen molar-refractivity contribution in [1.82, 2.24) is 0 Å². The van der Waals surface area contributed by atoms with Gasteiger partial charge >= 0.3 is 5.54 Å². The molecule has 1 aromatic rings. The van der Waals surface area contributed by atoms with Crippen molar-refractivity contribution in [1.29, 1.82) is 0 Å². The number of nitro groups is 1. The van der Waals surface area contributed by atoms with Gasteiger partial charge in [-0.2, -0.15) is 0 Å². The molecule has 90 valence electrons. The maximum absolute atomic E-state index is 12.8. The lowest BCUT2D eigenvalue weighted by Crippen LogP contribution is -2.45. The molecule has 0 radical (unpaired) electrons. The van der Waals surface area contributed by atoms with Crippen LogP contribution in [0.25, 0.3) is 0 Å². The Hall–Kier alpha value is -1.78. The number of rotatable bonds is 2. The monoisotopic (exact) mass is 237 g/mol. The molecule has 0 N–H and O–H groups in total. The Morgan fingerprint density at radius 1 is 1.24 bits per heavy atom. The van der Waals surface area contributed by atoms with Crippen LogP contribution in [0, 0.1) is 15.9 Å². The molecule has 1 saturated carbocycles. The molecule has 0 aromatic heterocycles. The molecule has 17 heavy (non-hydrogen) atoms. The van der Waals surface area contributed by atoms with E-state index in [0.717, 1.165) is 12.1 Å². The van der Waals surface area contributed by atoms with Gasteiger partial charge in [-0.3, -0.25) is 14.9 Å². The Kier molecular flexibility index (Phi) is 2.92. The molecule has 0 heterocycles. The highest BCUT2D eigenvalue weighted by molar-refractivity contribution is 5.88. The zero-order valence-electron chi connectivity index (χ0n) is 9.19. The summed E-state index contributed by atoms with van der Waals surface area (Å²) in [5.74, 6) is -0.837. The molecular weight excluding hydrogens is 225 g/mol. The lowest BCUT2D eigenvalue weighted by molar-refractivity contribution is -0.563. The van der Waals surface area contributed by atoms with Gasteiger partial charge in [0.25, 0.3) is 0 Å². The maximum atomic E-state index is 12.8. The highest BCUT2D eigenvalue weighted by Crippen LogP contribution is 2.37. The molecule has 2 rings (SSSR count). The van der Waals surface area contributed by atoms with E-state index >= 15 is 0 Å². The van der Waals surface area contributed by atoms with Gasteiger partial charge in [0.1, 0.15) is 5.82 Å². The molecule has 1 fully saturated rings. The summed E-state index contributed by atoms with van der Waals surface area (Å²) in [4.78, 5) is 22.6. The van der Waals surface area contributed by atoms with Gasteiger partial charge in [-0.25, -0.2) is 4.39 Å². The Morgan fingerprint density at radius 2 is 1.88 bits per heavy atom. The number of carbonyl (C=O) groups excluding carboxylic acids is 1. The first-order chi connectivity index (χ1) is 8.07. The van der Waals surface area contributed by atoms with Crippen LogP contribution >= 0.6 is 0 Å². The van der Waals surface area contributed by atoms with Gasteiger partial charge in [-0.15, -0.1) is 0 Å². The van der Waals surface area contributed by atoms with E-state index in [1.165, 1.54) is 12.1 Å². The van der Waals surface area contributed by atoms with Crippen LogP contribution in [0.3, 0.4) is 0 Å². The molecule has 1 aliphatic carbocycles. The van der Waals surface area contributed by atoms with E-state index in [1.54, 1.807) is 0 Å². The number of halogens is 1. The highest BCUT2D eigenvalue weighted by Gasteiger charge is 2.52. The smallest absolute Gasteiger partial charge is 0.291 e. The molecule has 0 aliphatic heterocycles. The molecule has 0 spiro atoms. The second-order valence-electron chi connectivity index (χ2n) is 4.25. The van der Waals surface area contributed by atoms with Crippen LogP contribution in [-0.4, -0.2) is 10.7 Å². The topological polar surface area (TPSA) is 60.2 Å². The van der Waals surface area contributed by atoms with Crippen LogP contribution in [-0.2, 0) is 10.3 Å². The fourth-order valence-electron chi connectivity index (χ4n) is 2.34. The van der Waals surface area contributed by atoms with E-state index in [9.17, 15) is 19.3 Å². The summed E-state index contributed by atoms with van der Waals surface area (Å²) < 4.78 is 12.8. The minimum Gasteiger partial charge on any atom is -0.291 e. The first-order valence-electron chi connectivity index (χ1n) is 5.51. The van der Waals surface area contributed by atoms with Gasteiger partial charge in [-0.05, 0) is 37.1 Å². The SMILES string of the molecule is O=C1CCCCC1(c1ccc(F)cc1)[N+](=O)[O-]. The van der Waals surface area contributed by atoms with Crippen molar-refractivity contribution in [3.05, 3.63) is 45.8 Å². The Labute approximate surface area is 97.6 Å². The predicted molar refractivity (Wildman–Crippen MR) is 58.5 cm³/mol. The molecule has 1 unspecified atom stereocenters. The van der Waals surface area contributed by atoms with Gasteiger partial charge in [-0.1, -0.05) is 0 Å². The van der Waals surface area contributed by atoms with E-state index in [0.29, 0.717) is 12.8 Å². The summed E-state index contributed by atoms with van der Waals surface area (Å²) in [6, 6.07) is 4.98. The van der Waals surface area contributed by atoms with E-state index in [2.05, 4.69) is 0 Å². The summed E-state index contributed by atoms with van der Waals surface area (Å²) in [5.41, 5.74) is -1.38. The van der Waals surface area contributed by atoms with Crippen LogP contribution in [0.2, 0.25) is 0 Å². The molecule has 0 amide bonds. The molecule has 4 nitrogen and oxygen atoms in total. The zero-order chi connectivity index (χ0) is 12.5. The van der Waals surface area contributed by atoms with Crippen LogP contribution in [0.1, 0.15) is 31.2 Å². The Balaban J connectivity index is 2.50. The van der Waals surface area contributed by atoms with Crippen molar-refractivity contribution in [2.75, 3.05) is 0 Å². The third kappa shape index (κ3) is 1.81. The van der Waals surface area contributed by atoms with Gasteiger partial charge in [0.15, 0.2) is 0 Å². The average Bonchev–Trinajstić information content (AvgIpc) is 2.31. The quantitative estimate of drug-likeness (QED) is 0.586. The van der Waals surface area contributed by atoms with Gasteiger partial charge < -0.3 is 0 Å². The zero-order valence-corrected chi connectivity index (χ0v) is 9.19. The molecule has 1 atom stereocenters. The highest BCUT2D eigenvalue weighted by atomic mass is 19.1. The summed E-state index contributed by atoms with van der Waals surface area (Å²) in [7, 11) is 0. The normalized spacial score (nSPS) is 24.6. The minimum atomic E-state index is -1.66. The lowest BCUT2D eigenvalue weighted by atomic mass is 9.76. The standard InChI is InChI=1S/C12H12FNO3/c13-10-6-4-9(5-7-10)12(14(16)17)8-2-1-3-11(12)15/h4-7H,1-3,8H2. The third-order valence-corrected chi connectivity index (χ3v) is 3.29. The van der Waals surface area contributed by atoms with Crippen molar-refractivity contribution >= 4 is 5.78 Å². The number of Topliss-reactive ketones (excluding diaryl/α,β-unsaturated/α-hetero) is 1. The number of carbonyl (C=O) groups is 1. The predicted octanol–water partition coefficient (Wildman–Crippen LogP) is 2.44. The van der Waals surface area contributed by atoms with Crippen molar-refractivity contribution in [3.8, 4) is 0 Å². The second kappa shape index (κ2) is 4.24. The number of hydrogen-bond acceptors (Lipinski definition) is 3. The molecular formula is C12H12FNO3. The van der Waals surface area contributed by atoms with Crippen molar-refractivity contribution < 1.29 is 14.1 Å². The minimum absolute atomic E-state index is 0.199. The molecule has 1 aliphatic rings. The molecule has 0 saturated heterocycles. The second-order valence-corrected chi connectivity index (χ2v) is 4.25. The van der Waals surface area contributed by atoms with Crippen molar-refractivity contribution in [3.63, 3.8) is 0 Å². The Bertz CT molecular complexity index is 457. The largest absolute Gasteiger partial charge is 0.304 e. The van der Waals surface area contributed by atoms with Crippen LogP contribution in [0.5, 0.6) is 0 Å². The number of benzene rings is 1. The Morgan fingerprint density at radius 3 is 2.41 bits per heavy atom. The van der Waals surface area contributed by atoms with Crippen molar-refractivity contribution in [2.45, 2.75) is 31.2 Å². The summed E-state index contributed by atoms with van der Waals surface area (Å²) in [6.07, 6.45) is 1.75. The summed E-state index contributed by atoms with van der Waals surface area (Å²) in [6.45, 7) is 0. The van der Waals surface area contributed by atoms with E-state index in [1.807, 2.05) is 0 Å². The lowest BCUT2D eigenvalue weighted by Gasteiger charge is -2.27. The van der Waals surface area contributed by atoms with Crippen LogP contribution in [0.15, 0.2) is 24.3 Å². The van der Waals surface area contributed by atoms with Crippen molar-refractivity contribution in [2.24, 2.45) is 0 Å². The summed E-state index contributed by atoms with van der Waals surface area (Å²) >= 11 is 0. The molecule has 5 heteroatoms. The van der Waals surface area contributed by atoms with Gasteiger partial charge in [0.2, 0.25) is 5.78 Å².